The van der Waals surface area contributed by atoms with Crippen LogP contribution in [0.4, 0.5) is 18.0 Å². The summed E-state index contributed by atoms with van der Waals surface area (Å²) in [4.78, 5) is 23.3. The number of esters is 1. The van der Waals surface area contributed by atoms with Crippen molar-refractivity contribution in [3.63, 3.8) is 0 Å². The van der Waals surface area contributed by atoms with Gasteiger partial charge in [0.1, 0.15) is 6.09 Å². The molecule has 136 valence electrons. The summed E-state index contributed by atoms with van der Waals surface area (Å²) in [5.41, 5.74) is -0.821. The predicted octanol–water partition coefficient (Wildman–Crippen LogP) is 2.66. The first-order valence-corrected chi connectivity index (χ1v) is 7.63. The molecule has 0 bridgehead atoms. The van der Waals surface area contributed by atoms with Gasteiger partial charge >= 0.3 is 12.1 Å². The summed E-state index contributed by atoms with van der Waals surface area (Å²) in [6, 6.07) is 1.85. The molecule has 0 radical (unpaired) electrons. The molecule has 0 saturated carbocycles. The lowest BCUT2D eigenvalue weighted by Crippen LogP contribution is -2.43. The van der Waals surface area contributed by atoms with Gasteiger partial charge in [-0.1, -0.05) is 23.3 Å². The van der Waals surface area contributed by atoms with Gasteiger partial charge in [0.05, 0.1) is 18.2 Å². The quantitative estimate of drug-likeness (QED) is 0.600. The molecular weight excluding hydrogens is 363 g/mol. The number of hydrogen-bond acceptors (Lipinski definition) is 4. The number of nitrogens with zero attached hydrogens (tertiary/aromatic N) is 1. The molecule has 2 rings (SSSR count). The van der Waals surface area contributed by atoms with Crippen LogP contribution >= 0.6 is 11.6 Å². The summed E-state index contributed by atoms with van der Waals surface area (Å²) in [6.07, 6.45) is -4.29. The first-order valence-electron chi connectivity index (χ1n) is 7.25. The largest absolute Gasteiger partial charge is 0.530 e. The third kappa shape index (κ3) is 4.45. The van der Waals surface area contributed by atoms with Gasteiger partial charge in [0.25, 0.3) is 0 Å². The third-order valence-corrected chi connectivity index (χ3v) is 4.22. The second kappa shape index (κ2) is 7.35. The predicted molar refractivity (Wildman–Crippen MR) is 81.2 cm³/mol. The fraction of sp³-hybridized carbons (Fsp3) is 0.375. The number of benzene rings is 1. The standard InChI is InChI=1S/C16H15ClF3NO4/c1-25-14(22)10-7-12(16(18,19)20)11(13(17)8-10)6-9-2-4-21(5-3-9)15(23)24/h2,7-8H,3-6H2,1H3,(H,23,24)/p-1. The SMILES string of the molecule is COC(=O)c1cc(Cl)c(CC2=CCN(C(=O)[O-])CC2)c(C(F)(F)F)c1. The van der Waals surface area contributed by atoms with E-state index in [2.05, 4.69) is 4.74 Å². The Labute approximate surface area is 146 Å². The van der Waals surface area contributed by atoms with Crippen LogP contribution in [0.5, 0.6) is 0 Å². The zero-order chi connectivity index (χ0) is 18.8. The van der Waals surface area contributed by atoms with Crippen molar-refractivity contribution in [1.29, 1.82) is 0 Å². The first kappa shape index (κ1) is 19.1. The summed E-state index contributed by atoms with van der Waals surface area (Å²) in [6.45, 7) is 0.199. The molecule has 0 spiro atoms. The lowest BCUT2D eigenvalue weighted by atomic mass is 9.94. The Morgan fingerprint density at radius 2 is 2.04 bits per heavy atom. The second-order valence-corrected chi connectivity index (χ2v) is 5.88. The van der Waals surface area contributed by atoms with Gasteiger partial charge in [-0.2, -0.15) is 13.2 Å². The molecule has 0 atom stereocenters. The topological polar surface area (TPSA) is 69.7 Å². The van der Waals surface area contributed by atoms with Gasteiger partial charge in [-0.25, -0.2) is 4.79 Å². The molecular formula is C16H14ClF3NO4-. The molecule has 1 aromatic rings. The van der Waals surface area contributed by atoms with E-state index in [9.17, 15) is 27.9 Å². The summed E-state index contributed by atoms with van der Waals surface area (Å²) < 4.78 is 44.6. The minimum Gasteiger partial charge on any atom is -0.530 e. The molecule has 0 saturated heterocycles. The number of hydrogen-bond donors (Lipinski definition) is 0. The van der Waals surface area contributed by atoms with Crippen LogP contribution in [0.15, 0.2) is 23.8 Å². The van der Waals surface area contributed by atoms with Crippen LogP contribution in [0.2, 0.25) is 5.02 Å². The van der Waals surface area contributed by atoms with Crippen LogP contribution in [0.3, 0.4) is 0 Å². The molecule has 1 aromatic carbocycles. The average molecular weight is 377 g/mol. The first-order chi connectivity index (χ1) is 11.6. The normalized spacial score (nSPS) is 14.9. The van der Waals surface area contributed by atoms with Gasteiger partial charge in [0, 0.05) is 18.1 Å². The number of methoxy groups -OCH3 is 1. The lowest BCUT2D eigenvalue weighted by Gasteiger charge is -2.29. The number of halogens is 4. The van der Waals surface area contributed by atoms with E-state index >= 15 is 0 Å². The Morgan fingerprint density at radius 3 is 2.52 bits per heavy atom. The fourth-order valence-electron chi connectivity index (χ4n) is 2.57. The van der Waals surface area contributed by atoms with Crippen LogP contribution in [0.1, 0.15) is 27.9 Å². The Hall–Kier alpha value is -2.22. The zero-order valence-corrected chi connectivity index (χ0v) is 13.9. The van der Waals surface area contributed by atoms with Crippen molar-refractivity contribution in [3.05, 3.63) is 45.5 Å². The lowest BCUT2D eigenvalue weighted by molar-refractivity contribution is -0.265. The van der Waals surface area contributed by atoms with E-state index in [0.717, 1.165) is 18.1 Å². The minimum atomic E-state index is -4.70. The van der Waals surface area contributed by atoms with Crippen molar-refractivity contribution in [3.8, 4) is 0 Å². The number of rotatable bonds is 3. The van der Waals surface area contributed by atoms with Crippen LogP contribution in [-0.2, 0) is 17.3 Å². The van der Waals surface area contributed by atoms with Crippen molar-refractivity contribution in [1.82, 2.24) is 4.90 Å². The minimum absolute atomic E-state index is 0.0525. The highest BCUT2D eigenvalue weighted by molar-refractivity contribution is 6.31. The number of alkyl halides is 3. The smallest absolute Gasteiger partial charge is 0.416 e. The maximum Gasteiger partial charge on any atom is 0.416 e. The number of ether oxygens (including phenoxy) is 1. The van der Waals surface area contributed by atoms with E-state index in [1.807, 2.05) is 0 Å². The van der Waals surface area contributed by atoms with Crippen molar-refractivity contribution >= 4 is 23.7 Å². The molecule has 0 aliphatic carbocycles. The monoisotopic (exact) mass is 376 g/mol. The van der Waals surface area contributed by atoms with E-state index in [1.54, 1.807) is 6.08 Å². The van der Waals surface area contributed by atoms with Crippen molar-refractivity contribution in [2.24, 2.45) is 0 Å². The summed E-state index contributed by atoms with van der Waals surface area (Å²) >= 11 is 5.99. The van der Waals surface area contributed by atoms with Crippen molar-refractivity contribution in [2.75, 3.05) is 20.2 Å². The highest BCUT2D eigenvalue weighted by Crippen LogP contribution is 2.38. The Kier molecular flexibility index (Phi) is 5.62. The molecule has 0 aromatic heterocycles. The van der Waals surface area contributed by atoms with Gasteiger partial charge in [-0.3, -0.25) is 0 Å². The molecule has 25 heavy (non-hydrogen) atoms. The third-order valence-electron chi connectivity index (χ3n) is 3.89. The zero-order valence-electron chi connectivity index (χ0n) is 13.2. The van der Waals surface area contributed by atoms with Gasteiger partial charge in [0.15, 0.2) is 0 Å². The summed E-state index contributed by atoms with van der Waals surface area (Å²) in [5.74, 6) is -0.916. The fourth-order valence-corrected chi connectivity index (χ4v) is 2.86. The second-order valence-electron chi connectivity index (χ2n) is 5.47. The van der Waals surface area contributed by atoms with Crippen LogP contribution in [0, 0.1) is 0 Å². The Balaban J connectivity index is 2.37. The van der Waals surface area contributed by atoms with E-state index in [0.29, 0.717) is 11.6 Å². The van der Waals surface area contributed by atoms with Crippen LogP contribution in [0.25, 0.3) is 0 Å². The molecule has 0 fully saturated rings. The van der Waals surface area contributed by atoms with Gasteiger partial charge in [0.2, 0.25) is 0 Å². The number of carbonyl (C=O) groups is 2. The Bertz CT molecular complexity index is 731. The number of carboxylic acid groups (broad SMARTS) is 1. The molecule has 5 nitrogen and oxygen atoms in total. The molecule has 1 aliphatic heterocycles. The van der Waals surface area contributed by atoms with E-state index in [4.69, 9.17) is 11.6 Å². The maximum atomic E-state index is 13.4. The molecule has 1 heterocycles. The Morgan fingerprint density at radius 1 is 1.36 bits per heavy atom. The van der Waals surface area contributed by atoms with E-state index in [-0.39, 0.29) is 42.1 Å². The van der Waals surface area contributed by atoms with Crippen molar-refractivity contribution in [2.45, 2.75) is 19.0 Å². The molecule has 0 unspecified atom stereocenters. The average Bonchev–Trinajstić information content (AvgIpc) is 2.55. The van der Waals surface area contributed by atoms with E-state index < -0.39 is 23.8 Å². The molecule has 1 aliphatic rings. The van der Waals surface area contributed by atoms with Gasteiger partial charge in [-0.15, -0.1) is 0 Å². The summed E-state index contributed by atoms with van der Waals surface area (Å²) in [5, 5.41) is 10.6. The molecule has 9 heteroatoms. The van der Waals surface area contributed by atoms with Crippen LogP contribution < -0.4 is 5.11 Å². The highest BCUT2D eigenvalue weighted by atomic mass is 35.5. The molecule has 0 N–H and O–H groups in total. The number of amides is 1. The highest BCUT2D eigenvalue weighted by Gasteiger charge is 2.35. The van der Waals surface area contributed by atoms with E-state index in [1.165, 1.54) is 0 Å². The maximum absolute atomic E-state index is 13.4. The molecule has 1 amide bonds. The van der Waals surface area contributed by atoms with Crippen molar-refractivity contribution < 1.29 is 32.6 Å². The van der Waals surface area contributed by atoms with Gasteiger partial charge < -0.3 is 19.5 Å². The summed E-state index contributed by atoms with van der Waals surface area (Å²) in [7, 11) is 1.06. The number of carbonyl (C=O) groups excluding carboxylic acids is 2. The van der Waals surface area contributed by atoms with Gasteiger partial charge in [-0.05, 0) is 30.5 Å². The van der Waals surface area contributed by atoms with Crippen LogP contribution in [-0.4, -0.2) is 37.2 Å².